The van der Waals surface area contributed by atoms with E-state index in [9.17, 15) is 18.0 Å². The fourth-order valence-electron chi connectivity index (χ4n) is 2.66. The quantitative estimate of drug-likeness (QED) is 0.892. The predicted octanol–water partition coefficient (Wildman–Crippen LogP) is 1.14. The summed E-state index contributed by atoms with van der Waals surface area (Å²) in [5.41, 5.74) is 2.70. The van der Waals surface area contributed by atoms with Crippen LogP contribution >= 0.6 is 0 Å². The van der Waals surface area contributed by atoms with E-state index < -0.39 is 15.8 Å². The van der Waals surface area contributed by atoms with Crippen molar-refractivity contribution in [3.05, 3.63) is 29.3 Å². The molecular weight excluding hydrogens is 316 g/mol. The molecule has 0 aliphatic carbocycles. The summed E-state index contributed by atoms with van der Waals surface area (Å²) in [5, 5.41) is 2.79. The first-order chi connectivity index (χ1) is 10.7. The number of hydrogen-bond acceptors (Lipinski definition) is 4. The van der Waals surface area contributed by atoms with Gasteiger partial charge in [-0.15, -0.1) is 0 Å². The van der Waals surface area contributed by atoms with Gasteiger partial charge in [0.05, 0.1) is 24.0 Å². The van der Waals surface area contributed by atoms with Crippen molar-refractivity contribution >= 4 is 27.3 Å². The van der Waals surface area contributed by atoms with Crippen LogP contribution in [0.15, 0.2) is 18.2 Å². The largest absolute Gasteiger partial charge is 0.336 e. The smallest absolute Gasteiger partial charge is 0.243 e. The van der Waals surface area contributed by atoms with Gasteiger partial charge in [-0.25, -0.2) is 8.42 Å². The molecule has 1 aromatic carbocycles. The third-order valence-corrected chi connectivity index (χ3v) is 5.77. The van der Waals surface area contributed by atoms with Crippen LogP contribution in [-0.4, -0.2) is 50.2 Å². The number of sulfone groups is 1. The monoisotopic (exact) mass is 338 g/mol. The number of likely N-dealkylation sites (N-methyl/N-ethyl adjacent to an activating group) is 1. The summed E-state index contributed by atoms with van der Waals surface area (Å²) in [5.74, 6) is -1.18. The van der Waals surface area contributed by atoms with Crippen molar-refractivity contribution in [2.45, 2.75) is 20.3 Å². The van der Waals surface area contributed by atoms with E-state index in [0.29, 0.717) is 6.42 Å². The van der Waals surface area contributed by atoms with Gasteiger partial charge in [-0.1, -0.05) is 12.1 Å². The number of amides is 2. The Labute approximate surface area is 136 Å². The minimum Gasteiger partial charge on any atom is -0.336 e. The van der Waals surface area contributed by atoms with Gasteiger partial charge in [-0.2, -0.15) is 0 Å². The topological polar surface area (TPSA) is 83.6 Å². The molecule has 0 bridgehead atoms. The number of carbonyl (C=O) groups excluding carboxylic acids is 2. The minimum atomic E-state index is -3.11. The number of carbonyl (C=O) groups is 2. The molecule has 1 aromatic rings. The van der Waals surface area contributed by atoms with E-state index in [1.165, 1.54) is 11.9 Å². The van der Waals surface area contributed by atoms with Crippen molar-refractivity contribution < 1.29 is 18.0 Å². The van der Waals surface area contributed by atoms with Crippen LogP contribution < -0.4 is 5.32 Å². The Morgan fingerprint density at radius 2 is 2.00 bits per heavy atom. The lowest BCUT2D eigenvalue weighted by molar-refractivity contribution is -0.136. The standard InChI is InChI=1S/C16H22N2O4S/c1-11-4-5-12(2)14(8-11)17-15(19)9-18(3)16(20)13-6-7-23(21,22)10-13/h4-5,8,13H,6-7,9-10H2,1-3H3,(H,17,19)/t13-/m0/s1. The van der Waals surface area contributed by atoms with Crippen LogP contribution in [0.25, 0.3) is 0 Å². The lowest BCUT2D eigenvalue weighted by Crippen LogP contribution is -2.39. The summed E-state index contributed by atoms with van der Waals surface area (Å²) < 4.78 is 22.9. The summed E-state index contributed by atoms with van der Waals surface area (Å²) in [6, 6.07) is 5.75. The molecule has 6 nitrogen and oxygen atoms in total. The van der Waals surface area contributed by atoms with Gasteiger partial charge < -0.3 is 10.2 Å². The van der Waals surface area contributed by atoms with Crippen LogP contribution in [-0.2, 0) is 19.4 Å². The van der Waals surface area contributed by atoms with Gasteiger partial charge in [0.2, 0.25) is 11.8 Å². The van der Waals surface area contributed by atoms with E-state index >= 15 is 0 Å². The number of rotatable bonds is 4. The first kappa shape index (κ1) is 17.5. The maximum atomic E-state index is 12.2. The normalized spacial score (nSPS) is 19.3. The summed E-state index contributed by atoms with van der Waals surface area (Å²) in [7, 11) is -1.59. The second-order valence-electron chi connectivity index (χ2n) is 6.16. The molecule has 1 fully saturated rings. The van der Waals surface area contributed by atoms with Crippen LogP contribution in [0.1, 0.15) is 17.5 Å². The highest BCUT2D eigenvalue weighted by Crippen LogP contribution is 2.20. The number of nitrogens with one attached hydrogen (secondary N) is 1. The zero-order valence-electron chi connectivity index (χ0n) is 13.6. The molecule has 23 heavy (non-hydrogen) atoms. The molecule has 1 aliphatic rings. The number of aryl methyl sites for hydroxylation is 2. The van der Waals surface area contributed by atoms with E-state index in [0.717, 1.165) is 16.8 Å². The molecule has 0 saturated carbocycles. The second kappa shape index (κ2) is 6.70. The highest BCUT2D eigenvalue weighted by molar-refractivity contribution is 7.91. The fraction of sp³-hybridized carbons (Fsp3) is 0.500. The minimum absolute atomic E-state index is 0.0475. The Morgan fingerprint density at radius 3 is 2.61 bits per heavy atom. The Hall–Kier alpha value is -1.89. The summed E-state index contributed by atoms with van der Waals surface area (Å²) in [6.07, 6.45) is 0.337. The Balaban J connectivity index is 1.94. The third-order valence-electron chi connectivity index (χ3n) is 4.01. The zero-order chi connectivity index (χ0) is 17.2. The fourth-order valence-corrected chi connectivity index (χ4v) is 4.39. The van der Waals surface area contributed by atoms with Crippen LogP contribution in [0.3, 0.4) is 0 Å². The highest BCUT2D eigenvalue weighted by atomic mass is 32.2. The zero-order valence-corrected chi connectivity index (χ0v) is 14.4. The lowest BCUT2D eigenvalue weighted by Gasteiger charge is -2.20. The van der Waals surface area contributed by atoms with E-state index in [1.54, 1.807) is 0 Å². The van der Waals surface area contributed by atoms with Crippen LogP contribution in [0.5, 0.6) is 0 Å². The van der Waals surface area contributed by atoms with Crippen LogP contribution in [0.4, 0.5) is 5.69 Å². The molecule has 126 valence electrons. The molecule has 0 aromatic heterocycles. The number of anilines is 1. The lowest BCUT2D eigenvalue weighted by atomic mass is 10.1. The summed E-state index contributed by atoms with van der Waals surface area (Å²) in [4.78, 5) is 25.6. The van der Waals surface area contributed by atoms with Crippen molar-refractivity contribution in [2.24, 2.45) is 5.92 Å². The Morgan fingerprint density at radius 1 is 1.30 bits per heavy atom. The van der Waals surface area contributed by atoms with E-state index in [1.807, 2.05) is 32.0 Å². The number of hydrogen-bond donors (Lipinski definition) is 1. The van der Waals surface area contributed by atoms with Crippen molar-refractivity contribution in [3.63, 3.8) is 0 Å². The summed E-state index contributed by atoms with van der Waals surface area (Å²) >= 11 is 0. The molecular formula is C16H22N2O4S. The van der Waals surface area contributed by atoms with Crippen LogP contribution in [0.2, 0.25) is 0 Å². The van der Waals surface area contributed by atoms with Gasteiger partial charge in [-0.05, 0) is 37.5 Å². The van der Waals surface area contributed by atoms with Gasteiger partial charge >= 0.3 is 0 Å². The summed E-state index contributed by atoms with van der Waals surface area (Å²) in [6.45, 7) is 3.74. The highest BCUT2D eigenvalue weighted by Gasteiger charge is 2.34. The molecule has 1 saturated heterocycles. The molecule has 7 heteroatoms. The Bertz CT molecular complexity index is 728. The molecule has 0 unspecified atom stereocenters. The Kier molecular flexibility index (Phi) is 5.09. The maximum Gasteiger partial charge on any atom is 0.243 e. The number of nitrogens with zero attached hydrogens (tertiary/aromatic N) is 1. The maximum absolute atomic E-state index is 12.2. The third kappa shape index (κ3) is 4.54. The van der Waals surface area contributed by atoms with Gasteiger partial charge in [0.25, 0.3) is 0 Å². The molecule has 2 amide bonds. The van der Waals surface area contributed by atoms with Crippen molar-refractivity contribution in [2.75, 3.05) is 30.4 Å². The molecule has 1 heterocycles. The molecule has 0 radical (unpaired) electrons. The van der Waals surface area contributed by atoms with Crippen molar-refractivity contribution in [1.29, 1.82) is 0 Å². The SMILES string of the molecule is Cc1ccc(C)c(NC(=O)CN(C)C(=O)[C@H]2CCS(=O)(=O)C2)c1. The molecule has 1 aliphatic heterocycles. The van der Waals surface area contributed by atoms with Crippen molar-refractivity contribution in [1.82, 2.24) is 4.90 Å². The van der Waals surface area contributed by atoms with Crippen molar-refractivity contribution in [3.8, 4) is 0 Å². The first-order valence-corrected chi connectivity index (χ1v) is 9.32. The molecule has 1 atom stereocenters. The van der Waals surface area contributed by atoms with E-state index in [4.69, 9.17) is 0 Å². The van der Waals surface area contributed by atoms with E-state index in [-0.39, 0.29) is 29.9 Å². The first-order valence-electron chi connectivity index (χ1n) is 7.50. The predicted molar refractivity (Wildman–Crippen MR) is 88.9 cm³/mol. The van der Waals surface area contributed by atoms with E-state index in [2.05, 4.69) is 5.32 Å². The molecule has 2 rings (SSSR count). The average Bonchev–Trinajstić information content (AvgIpc) is 2.82. The average molecular weight is 338 g/mol. The second-order valence-corrected chi connectivity index (χ2v) is 8.39. The van der Waals surface area contributed by atoms with Gasteiger partial charge in [0.1, 0.15) is 0 Å². The molecule has 1 N–H and O–H groups in total. The van der Waals surface area contributed by atoms with Gasteiger partial charge in [-0.3, -0.25) is 9.59 Å². The molecule has 0 spiro atoms. The van der Waals surface area contributed by atoms with Gasteiger partial charge in [0, 0.05) is 12.7 Å². The number of benzene rings is 1. The van der Waals surface area contributed by atoms with Gasteiger partial charge in [0.15, 0.2) is 9.84 Å². The van der Waals surface area contributed by atoms with Crippen LogP contribution in [0, 0.1) is 19.8 Å².